The highest BCUT2D eigenvalue weighted by Crippen LogP contribution is 2.38. The van der Waals surface area contributed by atoms with Gasteiger partial charge >= 0.3 is 18.2 Å². The molecule has 4 rings (SSSR count). The fourth-order valence-corrected chi connectivity index (χ4v) is 4.81. The lowest BCUT2D eigenvalue weighted by Gasteiger charge is -2.36. The number of hydrogen-bond acceptors (Lipinski definition) is 5. The van der Waals surface area contributed by atoms with Gasteiger partial charge in [-0.25, -0.2) is 9.59 Å². The van der Waals surface area contributed by atoms with E-state index in [-0.39, 0.29) is 17.8 Å². The number of carboxylic acid groups (broad SMARTS) is 1. The van der Waals surface area contributed by atoms with Crippen LogP contribution in [0.25, 0.3) is 0 Å². The van der Waals surface area contributed by atoms with Crippen LogP contribution in [0.15, 0.2) is 30.5 Å². The minimum absolute atomic E-state index is 0.163. The molecule has 184 valence electrons. The average Bonchev–Trinajstić information content (AvgIpc) is 3.41. The summed E-state index contributed by atoms with van der Waals surface area (Å²) in [5.74, 6) is -1.20. The molecule has 0 saturated carbocycles. The summed E-state index contributed by atoms with van der Waals surface area (Å²) >= 11 is 0. The van der Waals surface area contributed by atoms with Gasteiger partial charge in [0.1, 0.15) is 0 Å². The Hall–Kier alpha value is -3.08. The van der Waals surface area contributed by atoms with Gasteiger partial charge in [0, 0.05) is 56.7 Å². The molecule has 34 heavy (non-hydrogen) atoms. The third kappa shape index (κ3) is 4.89. The number of aromatic carboxylic acids is 1. The molecule has 0 radical (unpaired) electrons. The summed E-state index contributed by atoms with van der Waals surface area (Å²) in [7, 11) is 0. The molecule has 8 nitrogen and oxygen atoms in total. The molecule has 2 fully saturated rings. The number of hydrogen-bond donors (Lipinski definition) is 1. The van der Waals surface area contributed by atoms with Gasteiger partial charge in [0.2, 0.25) is 0 Å². The van der Waals surface area contributed by atoms with E-state index in [1.807, 2.05) is 13.8 Å². The van der Waals surface area contributed by atoms with Gasteiger partial charge in [-0.3, -0.25) is 4.90 Å². The molecular formula is C23H28F3N5O3. The van der Waals surface area contributed by atoms with E-state index in [2.05, 4.69) is 14.9 Å². The Bertz CT molecular complexity index is 1050. The predicted molar refractivity (Wildman–Crippen MR) is 119 cm³/mol. The molecule has 11 heteroatoms. The number of halogens is 3. The van der Waals surface area contributed by atoms with Gasteiger partial charge < -0.3 is 14.9 Å². The minimum atomic E-state index is -4.40. The van der Waals surface area contributed by atoms with Crippen molar-refractivity contribution in [3.05, 3.63) is 47.3 Å². The molecule has 0 bridgehead atoms. The van der Waals surface area contributed by atoms with Gasteiger partial charge in [-0.05, 0) is 50.5 Å². The van der Waals surface area contributed by atoms with Gasteiger partial charge in [-0.2, -0.15) is 23.0 Å². The number of carbonyl (C=O) groups excluding carboxylic acids is 1. The number of amides is 1. The summed E-state index contributed by atoms with van der Waals surface area (Å²) in [4.78, 5) is 29.4. The SMILES string of the molecule is C[C@H]1CC[C@H](C)N1c1cc(C(F)(F)F)ccc1CN1CCN(C(=O)n2ccc(C(=O)O)n2)CC1. The summed E-state index contributed by atoms with van der Waals surface area (Å²) in [6.07, 6.45) is -1.20. The molecule has 0 aliphatic carbocycles. The third-order valence-electron chi connectivity index (χ3n) is 6.68. The standard InChI is InChI=1S/C23H28F3N5O3/c1-15-3-4-16(2)31(15)20-13-18(23(24,25)26)6-5-17(20)14-28-9-11-29(12-10-28)22(34)30-8-7-19(27-30)21(32)33/h5-8,13,15-16H,3-4,9-12,14H2,1-2H3,(H,32,33)/t15-,16-/m0/s1. The van der Waals surface area contributed by atoms with Gasteiger partial charge in [0.25, 0.3) is 0 Å². The Morgan fingerprint density at radius 1 is 1.06 bits per heavy atom. The molecule has 2 saturated heterocycles. The van der Waals surface area contributed by atoms with Crippen molar-refractivity contribution < 1.29 is 27.9 Å². The lowest BCUT2D eigenvalue weighted by molar-refractivity contribution is -0.137. The van der Waals surface area contributed by atoms with E-state index in [1.165, 1.54) is 18.3 Å². The number of nitrogens with zero attached hydrogens (tertiary/aromatic N) is 5. The van der Waals surface area contributed by atoms with Crippen LogP contribution in [0.1, 0.15) is 48.3 Å². The molecule has 2 aliphatic rings. The average molecular weight is 480 g/mol. The molecule has 1 aromatic carbocycles. The topological polar surface area (TPSA) is 81.9 Å². The Morgan fingerprint density at radius 2 is 1.71 bits per heavy atom. The number of piperazine rings is 1. The Balaban J connectivity index is 1.47. The highest BCUT2D eigenvalue weighted by atomic mass is 19.4. The lowest BCUT2D eigenvalue weighted by Crippen LogP contribution is -2.49. The normalized spacial score (nSPS) is 21.8. The second-order valence-corrected chi connectivity index (χ2v) is 9.02. The highest BCUT2D eigenvalue weighted by molar-refractivity contribution is 5.86. The molecule has 0 spiro atoms. The van der Waals surface area contributed by atoms with E-state index >= 15 is 0 Å². The number of rotatable bonds is 4. The van der Waals surface area contributed by atoms with E-state index < -0.39 is 23.7 Å². The first-order valence-electron chi connectivity index (χ1n) is 11.3. The second-order valence-electron chi connectivity index (χ2n) is 9.02. The lowest BCUT2D eigenvalue weighted by atomic mass is 10.0. The van der Waals surface area contributed by atoms with Crippen molar-refractivity contribution >= 4 is 17.7 Å². The largest absolute Gasteiger partial charge is 0.476 e. The van der Waals surface area contributed by atoms with Crippen molar-refractivity contribution in [2.24, 2.45) is 0 Å². The number of anilines is 1. The van der Waals surface area contributed by atoms with Crippen LogP contribution in [-0.4, -0.2) is 74.9 Å². The van der Waals surface area contributed by atoms with E-state index in [4.69, 9.17) is 5.11 Å². The van der Waals surface area contributed by atoms with Crippen molar-refractivity contribution in [1.29, 1.82) is 0 Å². The van der Waals surface area contributed by atoms with Crippen LogP contribution < -0.4 is 4.90 Å². The molecular weight excluding hydrogens is 451 g/mol. The maximum absolute atomic E-state index is 13.4. The molecule has 3 heterocycles. The maximum Gasteiger partial charge on any atom is 0.416 e. The zero-order valence-corrected chi connectivity index (χ0v) is 19.1. The van der Waals surface area contributed by atoms with E-state index in [9.17, 15) is 22.8 Å². The Kier molecular flexibility index (Phi) is 6.57. The third-order valence-corrected chi connectivity index (χ3v) is 6.68. The summed E-state index contributed by atoms with van der Waals surface area (Å²) in [6, 6.07) is 5.18. The number of aromatic nitrogens is 2. The summed E-state index contributed by atoms with van der Waals surface area (Å²) in [6.45, 7) is 6.48. The monoisotopic (exact) mass is 479 g/mol. The number of carboxylic acids is 1. The van der Waals surface area contributed by atoms with Gasteiger partial charge in [0.05, 0.1) is 5.56 Å². The fraction of sp³-hybridized carbons (Fsp3) is 0.522. The van der Waals surface area contributed by atoms with E-state index in [0.717, 1.165) is 29.2 Å². The van der Waals surface area contributed by atoms with Crippen LogP contribution in [0.2, 0.25) is 0 Å². The zero-order chi connectivity index (χ0) is 24.6. The van der Waals surface area contributed by atoms with Crippen molar-refractivity contribution in [2.45, 2.75) is 51.5 Å². The van der Waals surface area contributed by atoms with Crippen molar-refractivity contribution in [3.8, 4) is 0 Å². The van der Waals surface area contributed by atoms with E-state index in [1.54, 1.807) is 11.0 Å². The maximum atomic E-state index is 13.4. The molecule has 2 atom stereocenters. The number of alkyl halides is 3. The summed E-state index contributed by atoms with van der Waals surface area (Å²) in [5, 5.41) is 12.8. The summed E-state index contributed by atoms with van der Waals surface area (Å²) in [5.41, 5.74) is 0.621. The van der Waals surface area contributed by atoms with Crippen LogP contribution in [0.4, 0.5) is 23.7 Å². The predicted octanol–water partition coefficient (Wildman–Crippen LogP) is 3.76. The van der Waals surface area contributed by atoms with Crippen LogP contribution >= 0.6 is 0 Å². The van der Waals surface area contributed by atoms with Crippen LogP contribution in [0, 0.1) is 0 Å². The zero-order valence-electron chi connectivity index (χ0n) is 19.1. The molecule has 1 amide bonds. The van der Waals surface area contributed by atoms with Crippen LogP contribution in [-0.2, 0) is 12.7 Å². The second kappa shape index (κ2) is 9.28. The highest BCUT2D eigenvalue weighted by Gasteiger charge is 2.35. The van der Waals surface area contributed by atoms with Crippen LogP contribution in [0.5, 0.6) is 0 Å². The van der Waals surface area contributed by atoms with E-state index in [0.29, 0.717) is 38.4 Å². The first-order chi connectivity index (χ1) is 16.0. The van der Waals surface area contributed by atoms with Gasteiger partial charge in [-0.1, -0.05) is 6.07 Å². The molecule has 2 aromatic rings. The van der Waals surface area contributed by atoms with Gasteiger partial charge in [0.15, 0.2) is 5.69 Å². The Labute approximate surface area is 195 Å². The van der Waals surface area contributed by atoms with Gasteiger partial charge in [-0.15, -0.1) is 0 Å². The smallest absolute Gasteiger partial charge is 0.416 e. The van der Waals surface area contributed by atoms with Crippen molar-refractivity contribution in [3.63, 3.8) is 0 Å². The first-order valence-corrected chi connectivity index (χ1v) is 11.3. The molecule has 1 N–H and O–H groups in total. The van der Waals surface area contributed by atoms with Crippen molar-refractivity contribution in [1.82, 2.24) is 19.6 Å². The van der Waals surface area contributed by atoms with Crippen LogP contribution in [0.3, 0.4) is 0 Å². The first kappa shape index (κ1) is 24.1. The van der Waals surface area contributed by atoms with Crippen molar-refractivity contribution in [2.75, 3.05) is 31.1 Å². The molecule has 1 aromatic heterocycles. The fourth-order valence-electron chi connectivity index (χ4n) is 4.81. The molecule has 2 aliphatic heterocycles. The number of benzene rings is 1. The minimum Gasteiger partial charge on any atom is -0.476 e. The molecule has 0 unspecified atom stereocenters. The number of carbonyl (C=O) groups is 2. The Morgan fingerprint density at radius 3 is 2.26 bits per heavy atom. The summed E-state index contributed by atoms with van der Waals surface area (Å²) < 4.78 is 41.3. The quantitative estimate of drug-likeness (QED) is 0.719.